The van der Waals surface area contributed by atoms with E-state index in [1.54, 1.807) is 0 Å². The minimum Gasteiger partial charge on any atom is -0.349 e. The van der Waals surface area contributed by atoms with Crippen molar-refractivity contribution in [2.24, 2.45) is 0 Å². The van der Waals surface area contributed by atoms with Crippen LogP contribution in [0.25, 0.3) is 0 Å². The number of aryl methyl sites for hydroxylation is 2. The van der Waals surface area contributed by atoms with E-state index in [1.165, 1.54) is 0 Å². The van der Waals surface area contributed by atoms with Crippen LogP contribution in [0.3, 0.4) is 0 Å². The third kappa shape index (κ3) is 2.14. The van der Waals surface area contributed by atoms with Crippen LogP contribution in [0.1, 0.15) is 24.9 Å². The molecule has 0 atom stereocenters. The van der Waals surface area contributed by atoms with Crippen molar-refractivity contribution in [3.63, 3.8) is 0 Å². The summed E-state index contributed by atoms with van der Waals surface area (Å²) in [6, 6.07) is 1.98. The highest BCUT2D eigenvalue weighted by atomic mass is 16.1. The fourth-order valence-electron chi connectivity index (χ4n) is 1.78. The van der Waals surface area contributed by atoms with E-state index in [2.05, 4.69) is 16.9 Å². The minimum absolute atomic E-state index is 0.296. The zero-order chi connectivity index (χ0) is 10.8. The number of ketones is 1. The molecule has 0 amide bonds. The molecule has 1 aromatic heterocycles. The molecule has 4 heteroatoms. The maximum Gasteiger partial charge on any atom is 0.153 e. The molecular formula is C11H15N3O. The summed E-state index contributed by atoms with van der Waals surface area (Å²) in [4.78, 5) is 21.9. The summed E-state index contributed by atoms with van der Waals surface area (Å²) in [5, 5.41) is 0. The van der Waals surface area contributed by atoms with Crippen molar-refractivity contribution in [3.8, 4) is 0 Å². The number of hydrogen-bond donors (Lipinski definition) is 0. The van der Waals surface area contributed by atoms with Gasteiger partial charge in [0.05, 0.1) is 6.54 Å². The summed E-state index contributed by atoms with van der Waals surface area (Å²) in [6.45, 7) is 5.25. The van der Waals surface area contributed by atoms with E-state index in [9.17, 15) is 4.79 Å². The van der Waals surface area contributed by atoms with Crippen LogP contribution in [-0.2, 0) is 11.2 Å². The van der Waals surface area contributed by atoms with Crippen LogP contribution in [-0.4, -0.2) is 28.8 Å². The van der Waals surface area contributed by atoms with E-state index < -0.39 is 0 Å². The number of rotatable bonds is 2. The standard InChI is InChI=1S/C11H15N3O/c1-3-9-6-11(13-8(2)12-9)14-5-4-10(15)7-14/h6H,3-5,7H2,1-2H3. The van der Waals surface area contributed by atoms with Gasteiger partial charge in [-0.15, -0.1) is 0 Å². The molecule has 0 unspecified atom stereocenters. The molecule has 2 rings (SSSR count). The van der Waals surface area contributed by atoms with Crippen molar-refractivity contribution in [1.82, 2.24) is 9.97 Å². The SMILES string of the molecule is CCc1cc(N2CCC(=O)C2)nc(C)n1. The van der Waals surface area contributed by atoms with Gasteiger partial charge in [0.15, 0.2) is 5.78 Å². The largest absolute Gasteiger partial charge is 0.349 e. The van der Waals surface area contributed by atoms with Gasteiger partial charge >= 0.3 is 0 Å². The van der Waals surface area contributed by atoms with Gasteiger partial charge in [0.25, 0.3) is 0 Å². The molecule has 1 saturated heterocycles. The number of Topliss-reactive ketones (excluding diaryl/α,β-unsaturated/α-hetero) is 1. The van der Waals surface area contributed by atoms with Gasteiger partial charge in [-0.2, -0.15) is 0 Å². The van der Waals surface area contributed by atoms with Crippen LogP contribution < -0.4 is 4.90 Å². The number of carbonyl (C=O) groups excluding carboxylic acids is 1. The van der Waals surface area contributed by atoms with Crippen LogP contribution >= 0.6 is 0 Å². The normalized spacial score (nSPS) is 16.1. The molecule has 0 saturated carbocycles. The van der Waals surface area contributed by atoms with Crippen molar-refractivity contribution < 1.29 is 4.79 Å². The molecule has 0 N–H and O–H groups in total. The van der Waals surface area contributed by atoms with Crippen LogP contribution in [0.4, 0.5) is 5.82 Å². The second kappa shape index (κ2) is 3.96. The van der Waals surface area contributed by atoms with Crippen molar-refractivity contribution in [2.75, 3.05) is 18.0 Å². The zero-order valence-corrected chi connectivity index (χ0v) is 9.16. The van der Waals surface area contributed by atoms with Crippen LogP contribution in [0, 0.1) is 6.92 Å². The van der Waals surface area contributed by atoms with Crippen molar-refractivity contribution in [2.45, 2.75) is 26.7 Å². The maximum absolute atomic E-state index is 11.2. The summed E-state index contributed by atoms with van der Waals surface area (Å²) in [5.41, 5.74) is 1.04. The predicted octanol–water partition coefficient (Wildman–Crippen LogP) is 1.13. The summed E-state index contributed by atoms with van der Waals surface area (Å²) in [5.74, 6) is 1.97. The molecule has 2 heterocycles. The van der Waals surface area contributed by atoms with Crippen LogP contribution in [0.2, 0.25) is 0 Å². The molecule has 4 nitrogen and oxygen atoms in total. The van der Waals surface area contributed by atoms with Gasteiger partial charge in [-0.1, -0.05) is 6.92 Å². The predicted molar refractivity (Wildman–Crippen MR) is 58.0 cm³/mol. The topological polar surface area (TPSA) is 46.1 Å². The van der Waals surface area contributed by atoms with Gasteiger partial charge < -0.3 is 4.90 Å². The van der Waals surface area contributed by atoms with Crippen LogP contribution in [0.15, 0.2) is 6.07 Å². The first-order valence-corrected chi connectivity index (χ1v) is 5.30. The number of nitrogens with zero attached hydrogens (tertiary/aromatic N) is 3. The van der Waals surface area contributed by atoms with Crippen LogP contribution in [0.5, 0.6) is 0 Å². The van der Waals surface area contributed by atoms with E-state index in [-0.39, 0.29) is 0 Å². The minimum atomic E-state index is 0.296. The molecule has 80 valence electrons. The summed E-state index contributed by atoms with van der Waals surface area (Å²) in [6.07, 6.45) is 1.54. The lowest BCUT2D eigenvalue weighted by molar-refractivity contribution is -0.116. The molecule has 15 heavy (non-hydrogen) atoms. The quantitative estimate of drug-likeness (QED) is 0.726. The van der Waals surface area contributed by atoms with Crippen molar-refractivity contribution in [3.05, 3.63) is 17.6 Å². The highest BCUT2D eigenvalue weighted by Gasteiger charge is 2.20. The number of carbonyl (C=O) groups is 1. The lowest BCUT2D eigenvalue weighted by Gasteiger charge is -2.16. The Morgan fingerprint density at radius 1 is 1.47 bits per heavy atom. The van der Waals surface area contributed by atoms with Crippen molar-refractivity contribution >= 4 is 11.6 Å². The molecule has 0 bridgehead atoms. The Hall–Kier alpha value is -1.45. The molecule has 0 aliphatic carbocycles. The Kier molecular flexibility index (Phi) is 2.66. The van der Waals surface area contributed by atoms with E-state index >= 15 is 0 Å². The maximum atomic E-state index is 11.2. The fourth-order valence-corrected chi connectivity index (χ4v) is 1.78. The lowest BCUT2D eigenvalue weighted by Crippen LogP contribution is -2.21. The summed E-state index contributed by atoms with van der Waals surface area (Å²) < 4.78 is 0. The Morgan fingerprint density at radius 3 is 2.87 bits per heavy atom. The number of hydrogen-bond acceptors (Lipinski definition) is 4. The summed E-state index contributed by atoms with van der Waals surface area (Å²) in [7, 11) is 0. The summed E-state index contributed by atoms with van der Waals surface area (Å²) >= 11 is 0. The average Bonchev–Trinajstić information content (AvgIpc) is 2.64. The van der Waals surface area contributed by atoms with E-state index in [0.717, 1.165) is 30.3 Å². The molecule has 1 fully saturated rings. The van der Waals surface area contributed by atoms with Crippen molar-refractivity contribution in [1.29, 1.82) is 0 Å². The third-order valence-electron chi connectivity index (χ3n) is 2.59. The van der Waals surface area contributed by atoms with E-state index in [1.807, 2.05) is 17.9 Å². The van der Waals surface area contributed by atoms with E-state index in [0.29, 0.717) is 18.7 Å². The molecule has 0 aromatic carbocycles. The second-order valence-corrected chi connectivity index (χ2v) is 3.83. The molecule has 0 spiro atoms. The second-order valence-electron chi connectivity index (χ2n) is 3.83. The van der Waals surface area contributed by atoms with Gasteiger partial charge in [0.2, 0.25) is 0 Å². The first-order valence-electron chi connectivity index (χ1n) is 5.30. The van der Waals surface area contributed by atoms with Gasteiger partial charge in [-0.25, -0.2) is 9.97 Å². The first-order chi connectivity index (χ1) is 7.19. The third-order valence-corrected chi connectivity index (χ3v) is 2.59. The van der Waals surface area contributed by atoms with Gasteiger partial charge in [-0.3, -0.25) is 4.79 Å². The van der Waals surface area contributed by atoms with Gasteiger partial charge in [-0.05, 0) is 13.3 Å². The monoisotopic (exact) mass is 205 g/mol. The van der Waals surface area contributed by atoms with E-state index in [4.69, 9.17) is 0 Å². The Balaban J connectivity index is 2.27. The molecule has 1 aliphatic heterocycles. The molecular weight excluding hydrogens is 190 g/mol. The Labute approximate surface area is 89.3 Å². The smallest absolute Gasteiger partial charge is 0.153 e. The van der Waals surface area contributed by atoms with Gasteiger partial charge in [0, 0.05) is 24.7 Å². The zero-order valence-electron chi connectivity index (χ0n) is 9.16. The van der Waals surface area contributed by atoms with Gasteiger partial charge in [0.1, 0.15) is 11.6 Å². The first kappa shape index (κ1) is 10.1. The molecule has 1 aromatic rings. The molecule has 1 aliphatic rings. The Bertz CT molecular complexity index is 389. The highest BCUT2D eigenvalue weighted by molar-refractivity contribution is 5.86. The fraction of sp³-hybridized carbons (Fsp3) is 0.545. The average molecular weight is 205 g/mol. The Morgan fingerprint density at radius 2 is 2.27 bits per heavy atom. The number of aromatic nitrogens is 2. The highest BCUT2D eigenvalue weighted by Crippen LogP contribution is 2.17. The molecule has 0 radical (unpaired) electrons. The lowest BCUT2D eigenvalue weighted by atomic mass is 10.3. The number of anilines is 1.